The van der Waals surface area contributed by atoms with Crippen molar-refractivity contribution >= 4 is 33.9 Å². The van der Waals surface area contributed by atoms with E-state index in [1.165, 1.54) is 55.7 Å². The number of nitrogens with zero attached hydrogens (tertiary/aromatic N) is 1. The maximum absolute atomic E-state index is 6.29. The van der Waals surface area contributed by atoms with Crippen molar-refractivity contribution in [3.05, 3.63) is 192 Å². The first-order chi connectivity index (χ1) is 26.7. The molecule has 0 saturated heterocycles. The van der Waals surface area contributed by atoms with Crippen LogP contribution in [-0.2, 0) is 5.41 Å². The third-order valence-electron chi connectivity index (χ3n) is 10.8. The molecule has 276 valence electrons. The largest absolute Gasteiger partial charge is 0.398 e. The number of nitrogens with two attached hydrogens (primary N) is 1. The molecule has 55 heavy (non-hydrogen) atoms. The number of benzene rings is 6. The molecule has 0 bridgehead atoms. The summed E-state index contributed by atoms with van der Waals surface area (Å²) < 4.78 is 0. The van der Waals surface area contributed by atoms with Crippen molar-refractivity contribution in [3.8, 4) is 33.4 Å². The van der Waals surface area contributed by atoms with Gasteiger partial charge in [-0.1, -0.05) is 155 Å². The van der Waals surface area contributed by atoms with Crippen molar-refractivity contribution < 1.29 is 0 Å². The van der Waals surface area contributed by atoms with Crippen LogP contribution in [0.15, 0.2) is 175 Å². The van der Waals surface area contributed by atoms with Gasteiger partial charge >= 0.3 is 0 Å². The molecular formula is C53H54N2. The zero-order chi connectivity index (χ0) is 39.1. The molecule has 6 aromatic carbocycles. The molecule has 0 spiro atoms. The lowest BCUT2D eigenvalue weighted by molar-refractivity contribution is 0.639. The van der Waals surface area contributed by atoms with E-state index in [1.807, 2.05) is 32.0 Å². The third kappa shape index (κ3) is 7.77. The highest BCUT2D eigenvalue weighted by Gasteiger charge is 2.35. The molecule has 0 atom stereocenters. The van der Waals surface area contributed by atoms with E-state index < -0.39 is 0 Å². The van der Waals surface area contributed by atoms with Crippen molar-refractivity contribution in [1.29, 1.82) is 0 Å². The topological polar surface area (TPSA) is 29.3 Å². The van der Waals surface area contributed by atoms with Crippen LogP contribution in [0.5, 0.6) is 0 Å². The molecule has 0 radical (unpaired) electrons. The van der Waals surface area contributed by atoms with Crippen molar-refractivity contribution in [2.75, 3.05) is 10.6 Å². The fourth-order valence-electron chi connectivity index (χ4n) is 7.62. The van der Waals surface area contributed by atoms with Gasteiger partial charge in [-0.3, -0.25) is 0 Å². The summed E-state index contributed by atoms with van der Waals surface area (Å²) in [5, 5.41) is 0. The van der Waals surface area contributed by atoms with Gasteiger partial charge in [0.05, 0.1) is 0 Å². The first kappa shape index (κ1) is 38.6. The van der Waals surface area contributed by atoms with Crippen molar-refractivity contribution in [2.24, 2.45) is 0 Å². The molecule has 0 aliphatic heterocycles. The minimum Gasteiger partial charge on any atom is -0.398 e. The molecule has 2 heteroatoms. The van der Waals surface area contributed by atoms with Crippen LogP contribution in [0, 0.1) is 0 Å². The molecule has 6 aromatic rings. The standard InChI is InChI=1S/C51H48N2.C2H6/c1-7-13-36(9-3)37-23-27-43(28-24-37)53(45-31-32-48-46(14-8-2)35(4)51(5,6)49(48)34-45)44-29-25-39(26-30-44)38-19-21-40(22-20-38)41-15-12-16-42(33-41)47-17-10-11-18-50(47)52;1-2/h7-34H,52H2,1-6H3;1-2H3/b13-7-,14-8-,36-9+;. The quantitative estimate of drug-likeness (QED) is 0.119. The minimum absolute atomic E-state index is 0.0603. The van der Waals surface area contributed by atoms with Gasteiger partial charge in [0.25, 0.3) is 0 Å². The summed E-state index contributed by atoms with van der Waals surface area (Å²) in [6.07, 6.45) is 10.8. The highest BCUT2D eigenvalue weighted by Crippen LogP contribution is 2.49. The molecule has 1 aliphatic rings. The average molecular weight is 719 g/mol. The highest BCUT2D eigenvalue weighted by atomic mass is 15.1. The molecule has 0 amide bonds. The van der Waals surface area contributed by atoms with E-state index in [0.717, 1.165) is 33.9 Å². The Hall–Kier alpha value is -6.12. The van der Waals surface area contributed by atoms with Crippen LogP contribution in [0.4, 0.5) is 22.7 Å². The Morgan fingerprint density at radius 3 is 1.73 bits per heavy atom. The van der Waals surface area contributed by atoms with E-state index in [4.69, 9.17) is 5.73 Å². The summed E-state index contributed by atoms with van der Waals surface area (Å²) in [5.41, 5.74) is 25.1. The van der Waals surface area contributed by atoms with Gasteiger partial charge in [-0.05, 0) is 132 Å². The summed E-state index contributed by atoms with van der Waals surface area (Å²) in [5.74, 6) is 0. The fourth-order valence-corrected chi connectivity index (χ4v) is 7.62. The van der Waals surface area contributed by atoms with Gasteiger partial charge < -0.3 is 10.6 Å². The first-order valence-electron chi connectivity index (χ1n) is 19.6. The SMILES string of the molecule is C/C=C\C1=C(C)C(C)(C)c2cc(N(c3ccc(C(/C=C\C)=C/C)cc3)c3ccc(-c4ccc(-c5cccc(-c6ccccc6N)c5)cc4)cc3)ccc21.CC. The fraction of sp³-hybridized carbons (Fsp3) is 0.170. The van der Waals surface area contributed by atoms with Crippen LogP contribution >= 0.6 is 0 Å². The lowest BCUT2D eigenvalue weighted by atomic mass is 9.82. The maximum atomic E-state index is 6.29. The molecule has 0 fully saturated rings. The smallest absolute Gasteiger partial charge is 0.0465 e. The number of hydrogen-bond acceptors (Lipinski definition) is 2. The lowest BCUT2D eigenvalue weighted by Gasteiger charge is -2.29. The van der Waals surface area contributed by atoms with Gasteiger partial charge in [0.2, 0.25) is 0 Å². The van der Waals surface area contributed by atoms with Crippen molar-refractivity contribution in [2.45, 2.75) is 60.8 Å². The Labute approximate surface area is 329 Å². The van der Waals surface area contributed by atoms with Gasteiger partial charge in [-0.2, -0.15) is 0 Å². The van der Waals surface area contributed by atoms with Crippen LogP contribution in [0.2, 0.25) is 0 Å². The predicted octanol–water partition coefficient (Wildman–Crippen LogP) is 15.4. The van der Waals surface area contributed by atoms with Gasteiger partial charge in [0, 0.05) is 33.7 Å². The molecule has 0 unspecified atom stereocenters. The molecule has 2 N–H and O–H groups in total. The van der Waals surface area contributed by atoms with E-state index in [2.05, 4.69) is 198 Å². The molecule has 7 rings (SSSR count). The molecule has 0 aromatic heterocycles. The number of rotatable bonds is 9. The number of allylic oxidation sites excluding steroid dienone is 8. The lowest BCUT2D eigenvalue weighted by Crippen LogP contribution is -2.17. The second kappa shape index (κ2) is 16.9. The number of para-hydroxylation sites is 1. The molecular weight excluding hydrogens is 665 g/mol. The van der Waals surface area contributed by atoms with Crippen molar-refractivity contribution in [3.63, 3.8) is 0 Å². The summed E-state index contributed by atoms with van der Waals surface area (Å²) in [4.78, 5) is 2.38. The van der Waals surface area contributed by atoms with Crippen LogP contribution in [0.1, 0.15) is 72.1 Å². The van der Waals surface area contributed by atoms with Crippen LogP contribution in [-0.4, -0.2) is 0 Å². The first-order valence-corrected chi connectivity index (χ1v) is 19.6. The van der Waals surface area contributed by atoms with Crippen LogP contribution in [0.25, 0.3) is 44.5 Å². The Morgan fingerprint density at radius 1 is 0.564 bits per heavy atom. The summed E-state index contributed by atoms with van der Waals surface area (Å²) >= 11 is 0. The molecule has 2 nitrogen and oxygen atoms in total. The van der Waals surface area contributed by atoms with Gasteiger partial charge in [-0.15, -0.1) is 0 Å². The van der Waals surface area contributed by atoms with Crippen LogP contribution < -0.4 is 10.6 Å². The van der Waals surface area contributed by atoms with E-state index >= 15 is 0 Å². The average Bonchev–Trinajstić information content (AvgIpc) is 3.41. The normalized spacial score (nSPS) is 13.6. The maximum Gasteiger partial charge on any atom is 0.0465 e. The zero-order valence-corrected chi connectivity index (χ0v) is 33.7. The number of anilines is 4. The van der Waals surface area contributed by atoms with Gasteiger partial charge in [-0.25, -0.2) is 0 Å². The molecule has 1 aliphatic carbocycles. The van der Waals surface area contributed by atoms with Gasteiger partial charge in [0.15, 0.2) is 0 Å². The number of nitrogen functional groups attached to an aromatic ring is 1. The Bertz CT molecular complexity index is 2380. The number of hydrogen-bond donors (Lipinski definition) is 1. The highest BCUT2D eigenvalue weighted by molar-refractivity contribution is 5.89. The minimum atomic E-state index is -0.0603. The summed E-state index contributed by atoms with van der Waals surface area (Å²) in [6, 6.07) is 50.4. The predicted molar refractivity (Wildman–Crippen MR) is 242 cm³/mol. The Balaban J connectivity index is 0.00000253. The van der Waals surface area contributed by atoms with E-state index in [-0.39, 0.29) is 5.41 Å². The third-order valence-corrected chi connectivity index (χ3v) is 10.8. The van der Waals surface area contributed by atoms with Crippen LogP contribution in [0.3, 0.4) is 0 Å². The Morgan fingerprint density at radius 2 is 1.13 bits per heavy atom. The summed E-state index contributed by atoms with van der Waals surface area (Å²) in [7, 11) is 0. The van der Waals surface area contributed by atoms with E-state index in [9.17, 15) is 0 Å². The second-order valence-corrected chi connectivity index (χ2v) is 14.3. The van der Waals surface area contributed by atoms with Crippen molar-refractivity contribution in [1.82, 2.24) is 0 Å². The molecule has 0 saturated carbocycles. The zero-order valence-electron chi connectivity index (χ0n) is 33.7. The molecule has 0 heterocycles. The summed E-state index contributed by atoms with van der Waals surface area (Å²) in [6.45, 7) is 17.2. The van der Waals surface area contributed by atoms with Gasteiger partial charge in [0.1, 0.15) is 0 Å². The monoisotopic (exact) mass is 718 g/mol. The second-order valence-electron chi connectivity index (χ2n) is 14.3. The Kier molecular flexibility index (Phi) is 11.9. The number of fused-ring (bicyclic) bond motifs is 1. The van der Waals surface area contributed by atoms with E-state index in [1.54, 1.807) is 0 Å². The van der Waals surface area contributed by atoms with E-state index in [0.29, 0.717) is 0 Å².